The first-order chi connectivity index (χ1) is 17.8. The maximum absolute atomic E-state index is 14.4. The molecule has 1 saturated carbocycles. The zero-order valence-electron chi connectivity index (χ0n) is 20.6. The summed E-state index contributed by atoms with van der Waals surface area (Å²) in [6, 6.07) is 12.5. The second-order valence-electron chi connectivity index (χ2n) is 9.27. The molecule has 1 aliphatic rings. The highest BCUT2D eigenvalue weighted by molar-refractivity contribution is 5.94. The van der Waals surface area contributed by atoms with Crippen LogP contribution in [0.3, 0.4) is 0 Å². The van der Waals surface area contributed by atoms with Crippen LogP contribution in [-0.4, -0.2) is 43.2 Å². The maximum Gasteiger partial charge on any atom is 0.250 e. The second kappa shape index (κ2) is 11.8. The van der Waals surface area contributed by atoms with Crippen molar-refractivity contribution in [2.45, 2.75) is 70.1 Å². The Hall–Kier alpha value is -3.28. The summed E-state index contributed by atoms with van der Waals surface area (Å²) in [5.41, 5.74) is 4.67. The third-order valence-corrected chi connectivity index (χ3v) is 6.49. The fourth-order valence-electron chi connectivity index (χ4n) is 4.67. The highest BCUT2D eigenvalue weighted by Crippen LogP contribution is 2.35. The summed E-state index contributed by atoms with van der Waals surface area (Å²) in [6.07, 6.45) is 3.04. The molecule has 1 aromatic heterocycles. The molecule has 1 amide bonds. The van der Waals surface area contributed by atoms with E-state index in [0.29, 0.717) is 12.0 Å². The molecule has 1 fully saturated rings. The van der Waals surface area contributed by atoms with E-state index in [9.17, 15) is 23.2 Å². The number of hydrogen-bond acceptors (Lipinski definition) is 6. The Morgan fingerprint density at radius 3 is 2.65 bits per heavy atom. The van der Waals surface area contributed by atoms with Crippen molar-refractivity contribution in [1.29, 1.82) is 0 Å². The molecule has 1 heterocycles. The first-order valence-electron chi connectivity index (χ1n) is 12.4. The van der Waals surface area contributed by atoms with E-state index in [2.05, 4.69) is 15.7 Å². The minimum Gasteiger partial charge on any atom is -0.297 e. The number of nitrogens with zero attached hydrogens (tertiary/aromatic N) is 5. The van der Waals surface area contributed by atoms with Crippen molar-refractivity contribution in [3.8, 4) is 0 Å². The first-order valence-corrected chi connectivity index (χ1v) is 12.4. The second-order valence-corrected chi connectivity index (χ2v) is 9.27. The van der Waals surface area contributed by atoms with E-state index in [0.717, 1.165) is 17.2 Å². The summed E-state index contributed by atoms with van der Waals surface area (Å²) in [7, 11) is 0. The lowest BCUT2D eigenvalue weighted by Crippen LogP contribution is -2.54. The number of aromatic nitrogens is 3. The predicted molar refractivity (Wildman–Crippen MR) is 131 cm³/mol. The van der Waals surface area contributed by atoms with E-state index in [4.69, 9.17) is 0 Å². The van der Waals surface area contributed by atoms with Gasteiger partial charge in [-0.2, -0.15) is 0 Å². The molecule has 198 valence electrons. The summed E-state index contributed by atoms with van der Waals surface area (Å²) in [6.45, 7) is 1.80. The van der Waals surface area contributed by atoms with Gasteiger partial charge in [-0.25, -0.2) is 23.3 Å². The molecule has 0 radical (unpaired) electrons. The van der Waals surface area contributed by atoms with Gasteiger partial charge in [-0.3, -0.25) is 14.9 Å². The number of alkyl halides is 2. The average Bonchev–Trinajstić information content (AvgIpc) is 3.37. The predicted octanol–water partition coefficient (Wildman–Crippen LogP) is 4.88. The Bertz CT molecular complexity index is 1170. The number of benzene rings is 2. The highest BCUT2D eigenvalue weighted by Gasteiger charge is 2.38. The fraction of sp³-hybridized carbons (Fsp3) is 0.423. The summed E-state index contributed by atoms with van der Waals surface area (Å²) in [5.74, 6) is -3.76. The molecule has 1 aliphatic carbocycles. The molecule has 0 aliphatic heterocycles. The van der Waals surface area contributed by atoms with E-state index in [1.165, 1.54) is 40.2 Å². The minimum absolute atomic E-state index is 0.153. The zero-order chi connectivity index (χ0) is 26.4. The molecule has 4 rings (SSSR count). The smallest absolute Gasteiger partial charge is 0.250 e. The lowest BCUT2D eigenvalue weighted by molar-refractivity contribution is -0.189. The van der Waals surface area contributed by atoms with Gasteiger partial charge in [0.1, 0.15) is 12.4 Å². The molecular formula is C26H31F3N6O2. The highest BCUT2D eigenvalue weighted by atomic mass is 19.3. The van der Waals surface area contributed by atoms with Crippen LogP contribution in [-0.2, 0) is 17.8 Å². The van der Waals surface area contributed by atoms with Crippen LogP contribution in [0.5, 0.6) is 0 Å². The van der Waals surface area contributed by atoms with Crippen molar-refractivity contribution in [3.63, 3.8) is 0 Å². The number of carbonyl (C=O) groups excluding carboxylic acids is 1. The van der Waals surface area contributed by atoms with Gasteiger partial charge in [0.05, 0.1) is 6.20 Å². The van der Waals surface area contributed by atoms with Crippen LogP contribution in [0.15, 0.2) is 60.9 Å². The van der Waals surface area contributed by atoms with Crippen LogP contribution in [0.25, 0.3) is 0 Å². The van der Waals surface area contributed by atoms with Gasteiger partial charge in [-0.15, -0.1) is 5.10 Å². The normalized spacial score (nSPS) is 16.6. The molecule has 3 aromatic rings. The molecule has 8 nitrogen and oxygen atoms in total. The monoisotopic (exact) mass is 516 g/mol. The van der Waals surface area contributed by atoms with Gasteiger partial charge in [0.2, 0.25) is 5.92 Å². The lowest BCUT2D eigenvalue weighted by atomic mass is 9.93. The Labute approximate surface area is 213 Å². The van der Waals surface area contributed by atoms with E-state index >= 15 is 0 Å². The van der Waals surface area contributed by atoms with Gasteiger partial charge in [0.25, 0.3) is 5.91 Å². The van der Waals surface area contributed by atoms with Gasteiger partial charge in [0, 0.05) is 30.8 Å². The van der Waals surface area contributed by atoms with Crippen LogP contribution in [0.2, 0.25) is 0 Å². The van der Waals surface area contributed by atoms with Crippen molar-refractivity contribution in [1.82, 2.24) is 25.6 Å². The third-order valence-electron chi connectivity index (χ3n) is 6.49. The molecule has 37 heavy (non-hydrogen) atoms. The number of hydroxylamine groups is 1. The van der Waals surface area contributed by atoms with Crippen LogP contribution in [0.4, 0.5) is 18.9 Å². The standard InChI is InChI=1S/C26H31F3N6O2/c1-2-6-19-7-3-4-10-23(19)25(35(37)31-21-11-13-26(28,29)14-12-21)34(22-9-5-8-20(27)17-22)24(36)18-33-16-15-30-32-33/h3-5,7-10,15-17,21,25,31,37H,2,6,11-14,18H2,1H3. The quantitative estimate of drug-likeness (QED) is 0.295. The number of anilines is 1. The largest absolute Gasteiger partial charge is 0.297 e. The minimum atomic E-state index is -2.73. The molecule has 1 unspecified atom stereocenters. The molecule has 2 N–H and O–H groups in total. The number of nitrogens with one attached hydrogen (secondary N) is 1. The molecule has 11 heteroatoms. The summed E-state index contributed by atoms with van der Waals surface area (Å²) in [5, 5.41) is 19.8. The average molecular weight is 517 g/mol. The topological polar surface area (TPSA) is 86.5 Å². The van der Waals surface area contributed by atoms with Crippen LogP contribution < -0.4 is 10.3 Å². The molecule has 0 spiro atoms. The zero-order valence-corrected chi connectivity index (χ0v) is 20.6. The van der Waals surface area contributed by atoms with Gasteiger partial charge in [-0.05, 0) is 48.6 Å². The maximum atomic E-state index is 14.4. The number of hydrogen-bond donors (Lipinski definition) is 2. The van der Waals surface area contributed by atoms with Crippen molar-refractivity contribution in [2.75, 3.05) is 4.90 Å². The fourth-order valence-corrected chi connectivity index (χ4v) is 4.67. The molecule has 1 atom stereocenters. The van der Waals surface area contributed by atoms with Crippen molar-refractivity contribution in [2.24, 2.45) is 0 Å². The molecule has 0 bridgehead atoms. The number of hydrazine groups is 1. The van der Waals surface area contributed by atoms with Gasteiger partial charge in [-0.1, -0.05) is 54.1 Å². The van der Waals surface area contributed by atoms with Crippen LogP contribution >= 0.6 is 0 Å². The number of rotatable bonds is 10. The van der Waals surface area contributed by atoms with Crippen LogP contribution in [0.1, 0.15) is 56.3 Å². The molecule has 0 saturated heterocycles. The Kier molecular flexibility index (Phi) is 8.57. The summed E-state index contributed by atoms with van der Waals surface area (Å²) >= 11 is 0. The summed E-state index contributed by atoms with van der Waals surface area (Å²) < 4.78 is 43.2. The first kappa shape index (κ1) is 26.8. The van der Waals surface area contributed by atoms with Gasteiger partial charge in [0.15, 0.2) is 6.17 Å². The lowest BCUT2D eigenvalue weighted by Gasteiger charge is -2.40. The van der Waals surface area contributed by atoms with E-state index in [1.807, 2.05) is 19.1 Å². The molecular weight excluding hydrogens is 485 g/mol. The van der Waals surface area contributed by atoms with E-state index in [1.54, 1.807) is 18.2 Å². The van der Waals surface area contributed by atoms with E-state index in [-0.39, 0.29) is 37.9 Å². The van der Waals surface area contributed by atoms with Crippen molar-refractivity contribution >= 4 is 11.6 Å². The Balaban J connectivity index is 1.76. The Morgan fingerprint density at radius 2 is 1.97 bits per heavy atom. The van der Waals surface area contributed by atoms with Crippen molar-refractivity contribution < 1.29 is 23.2 Å². The number of carbonyl (C=O) groups is 1. The molecule has 2 aromatic carbocycles. The number of halogens is 3. The van der Waals surface area contributed by atoms with Gasteiger partial charge < -0.3 is 0 Å². The number of amides is 1. The van der Waals surface area contributed by atoms with Crippen molar-refractivity contribution in [3.05, 3.63) is 77.9 Å². The SMILES string of the molecule is CCCc1ccccc1C(N(O)NC1CCC(F)(F)CC1)N(C(=O)Cn1ccnn1)c1cccc(F)c1. The third kappa shape index (κ3) is 6.73. The number of aryl methyl sites for hydroxylation is 1. The summed E-state index contributed by atoms with van der Waals surface area (Å²) in [4.78, 5) is 15.0. The van der Waals surface area contributed by atoms with Crippen LogP contribution in [0, 0.1) is 5.82 Å². The Morgan fingerprint density at radius 1 is 1.22 bits per heavy atom. The van der Waals surface area contributed by atoms with E-state index < -0.39 is 29.9 Å². The van der Waals surface area contributed by atoms with Gasteiger partial charge >= 0.3 is 0 Å².